The number of nitrogens with one attached hydrogen (secondary N) is 1. The summed E-state index contributed by atoms with van der Waals surface area (Å²) >= 11 is 0. The zero-order valence-corrected chi connectivity index (χ0v) is 10.3. The van der Waals surface area contributed by atoms with Crippen molar-refractivity contribution < 1.29 is 4.79 Å². The van der Waals surface area contributed by atoms with Gasteiger partial charge in [0, 0.05) is 6.20 Å². The second-order valence-electron chi connectivity index (χ2n) is 4.42. The highest BCUT2D eigenvalue weighted by Crippen LogP contribution is 2.14. The fourth-order valence-electron chi connectivity index (χ4n) is 1.29. The van der Waals surface area contributed by atoms with Gasteiger partial charge in [0.25, 0.3) is 0 Å². The van der Waals surface area contributed by atoms with Crippen molar-refractivity contribution in [2.75, 3.05) is 26.0 Å². The van der Waals surface area contributed by atoms with Crippen LogP contribution in [0.25, 0.3) is 0 Å². The topological polar surface area (TPSA) is 45.2 Å². The summed E-state index contributed by atoms with van der Waals surface area (Å²) in [6, 6.07) is 3.83. The number of carbonyl (C=O) groups excluding carboxylic acids is 1. The van der Waals surface area contributed by atoms with E-state index in [2.05, 4.69) is 24.1 Å². The summed E-state index contributed by atoms with van der Waals surface area (Å²) in [5, 5.41) is 2.75. The smallest absolute Gasteiger partial charge is 0.239 e. The lowest BCUT2D eigenvalue weighted by Crippen LogP contribution is -2.27. The minimum atomic E-state index is -0.0465. The van der Waals surface area contributed by atoms with Crippen LogP contribution >= 0.6 is 0 Å². The minimum absolute atomic E-state index is 0.0465. The first-order valence-corrected chi connectivity index (χ1v) is 5.39. The lowest BCUT2D eigenvalue weighted by atomic mass is 10.1. The predicted molar refractivity (Wildman–Crippen MR) is 65.5 cm³/mol. The molecule has 1 aromatic heterocycles. The standard InChI is InChI=1S/C12H19N3O/c1-9(2)10-5-6-11(13-7-10)14-12(16)8-15(3)4/h5-7,9H,8H2,1-4H3,(H,13,14,16). The molecule has 1 aromatic rings. The van der Waals surface area contributed by atoms with E-state index in [1.807, 2.05) is 31.1 Å². The van der Waals surface area contributed by atoms with E-state index in [-0.39, 0.29) is 5.91 Å². The average Bonchev–Trinajstić information content (AvgIpc) is 2.16. The number of likely N-dealkylation sites (N-methyl/N-ethyl adjacent to an activating group) is 1. The van der Waals surface area contributed by atoms with E-state index >= 15 is 0 Å². The van der Waals surface area contributed by atoms with E-state index < -0.39 is 0 Å². The van der Waals surface area contributed by atoms with E-state index in [0.717, 1.165) is 0 Å². The first kappa shape index (κ1) is 12.6. The molecule has 1 heterocycles. The Hall–Kier alpha value is -1.42. The Labute approximate surface area is 96.7 Å². The number of rotatable bonds is 4. The predicted octanol–water partition coefficient (Wildman–Crippen LogP) is 1.71. The van der Waals surface area contributed by atoms with Gasteiger partial charge in [0.15, 0.2) is 0 Å². The normalized spacial score (nSPS) is 10.9. The first-order valence-electron chi connectivity index (χ1n) is 5.39. The zero-order valence-electron chi connectivity index (χ0n) is 10.3. The molecule has 0 radical (unpaired) electrons. The van der Waals surface area contributed by atoms with Crippen molar-refractivity contribution in [2.45, 2.75) is 19.8 Å². The number of hydrogen-bond donors (Lipinski definition) is 1. The fraction of sp³-hybridized carbons (Fsp3) is 0.500. The molecule has 0 aliphatic heterocycles. The van der Waals surface area contributed by atoms with Crippen LogP contribution in [0, 0.1) is 0 Å². The zero-order chi connectivity index (χ0) is 12.1. The van der Waals surface area contributed by atoms with Crippen LogP contribution in [0.4, 0.5) is 5.82 Å². The molecule has 0 aliphatic rings. The molecular weight excluding hydrogens is 202 g/mol. The summed E-state index contributed by atoms with van der Waals surface area (Å²) in [5.41, 5.74) is 1.17. The third kappa shape index (κ3) is 3.98. The Morgan fingerprint density at radius 2 is 2.12 bits per heavy atom. The Morgan fingerprint density at radius 1 is 1.44 bits per heavy atom. The van der Waals surface area contributed by atoms with Crippen LogP contribution in [0.5, 0.6) is 0 Å². The van der Waals surface area contributed by atoms with Crippen LogP contribution in [-0.2, 0) is 4.79 Å². The lowest BCUT2D eigenvalue weighted by Gasteiger charge is -2.10. The molecule has 1 rings (SSSR count). The molecular formula is C12H19N3O. The maximum Gasteiger partial charge on any atom is 0.239 e. The lowest BCUT2D eigenvalue weighted by molar-refractivity contribution is -0.116. The highest BCUT2D eigenvalue weighted by molar-refractivity contribution is 5.91. The van der Waals surface area contributed by atoms with Crippen LogP contribution in [0.1, 0.15) is 25.3 Å². The first-order chi connectivity index (χ1) is 7.49. The summed E-state index contributed by atoms with van der Waals surface area (Å²) in [4.78, 5) is 17.5. The maximum absolute atomic E-state index is 11.4. The van der Waals surface area contributed by atoms with Crippen LogP contribution in [0.2, 0.25) is 0 Å². The Bertz CT molecular complexity index is 344. The van der Waals surface area contributed by atoms with Gasteiger partial charge in [-0.25, -0.2) is 4.98 Å². The van der Waals surface area contributed by atoms with Gasteiger partial charge >= 0.3 is 0 Å². The molecule has 0 fully saturated rings. The molecule has 0 unspecified atom stereocenters. The van der Waals surface area contributed by atoms with Gasteiger partial charge < -0.3 is 10.2 Å². The van der Waals surface area contributed by atoms with Crippen LogP contribution in [0.15, 0.2) is 18.3 Å². The maximum atomic E-state index is 11.4. The highest BCUT2D eigenvalue weighted by atomic mass is 16.2. The van der Waals surface area contributed by atoms with Gasteiger partial charge in [0.2, 0.25) is 5.91 Å². The van der Waals surface area contributed by atoms with Gasteiger partial charge in [-0.2, -0.15) is 0 Å². The Kier molecular flexibility index (Phi) is 4.43. The molecule has 0 aromatic carbocycles. The van der Waals surface area contributed by atoms with Gasteiger partial charge in [0.1, 0.15) is 5.82 Å². The van der Waals surface area contributed by atoms with Crippen molar-refractivity contribution in [3.8, 4) is 0 Å². The van der Waals surface area contributed by atoms with E-state index in [0.29, 0.717) is 18.3 Å². The number of carbonyl (C=O) groups is 1. The van der Waals surface area contributed by atoms with Crippen LogP contribution < -0.4 is 5.32 Å². The molecule has 1 N–H and O–H groups in total. The number of nitrogens with zero attached hydrogens (tertiary/aromatic N) is 2. The second-order valence-corrected chi connectivity index (χ2v) is 4.42. The summed E-state index contributed by atoms with van der Waals surface area (Å²) in [7, 11) is 3.71. The van der Waals surface area contributed by atoms with E-state index in [9.17, 15) is 4.79 Å². The number of amides is 1. The molecule has 4 nitrogen and oxygen atoms in total. The Morgan fingerprint density at radius 3 is 2.56 bits per heavy atom. The van der Waals surface area contributed by atoms with Crippen molar-refractivity contribution in [3.63, 3.8) is 0 Å². The molecule has 88 valence electrons. The molecule has 0 atom stereocenters. The third-order valence-electron chi connectivity index (χ3n) is 2.18. The SMILES string of the molecule is CC(C)c1ccc(NC(=O)CN(C)C)nc1. The van der Waals surface area contributed by atoms with Crippen LogP contribution in [-0.4, -0.2) is 36.4 Å². The molecule has 0 saturated heterocycles. The average molecular weight is 221 g/mol. The van der Waals surface area contributed by atoms with Crippen molar-refractivity contribution in [2.24, 2.45) is 0 Å². The largest absolute Gasteiger partial charge is 0.310 e. The number of aromatic nitrogens is 1. The van der Waals surface area contributed by atoms with Gasteiger partial charge in [-0.05, 0) is 31.6 Å². The third-order valence-corrected chi connectivity index (χ3v) is 2.18. The quantitative estimate of drug-likeness (QED) is 0.841. The summed E-state index contributed by atoms with van der Waals surface area (Å²) in [6.07, 6.45) is 1.80. The monoisotopic (exact) mass is 221 g/mol. The van der Waals surface area contributed by atoms with Gasteiger partial charge in [0.05, 0.1) is 6.54 Å². The van der Waals surface area contributed by atoms with Crippen molar-refractivity contribution >= 4 is 11.7 Å². The molecule has 0 bridgehead atoms. The van der Waals surface area contributed by atoms with E-state index in [1.165, 1.54) is 5.56 Å². The highest BCUT2D eigenvalue weighted by Gasteiger charge is 2.05. The van der Waals surface area contributed by atoms with Gasteiger partial charge in [-0.3, -0.25) is 4.79 Å². The molecule has 4 heteroatoms. The van der Waals surface area contributed by atoms with Crippen molar-refractivity contribution in [1.29, 1.82) is 0 Å². The molecule has 0 saturated carbocycles. The number of pyridine rings is 1. The second kappa shape index (κ2) is 5.61. The van der Waals surface area contributed by atoms with Crippen molar-refractivity contribution in [1.82, 2.24) is 9.88 Å². The fourth-order valence-corrected chi connectivity index (χ4v) is 1.29. The summed E-state index contributed by atoms with van der Waals surface area (Å²) in [5.74, 6) is 1.02. The number of hydrogen-bond acceptors (Lipinski definition) is 3. The van der Waals surface area contributed by atoms with E-state index in [1.54, 1.807) is 6.20 Å². The van der Waals surface area contributed by atoms with E-state index in [4.69, 9.17) is 0 Å². The van der Waals surface area contributed by atoms with Gasteiger partial charge in [-0.15, -0.1) is 0 Å². The van der Waals surface area contributed by atoms with Gasteiger partial charge in [-0.1, -0.05) is 19.9 Å². The minimum Gasteiger partial charge on any atom is -0.310 e. The van der Waals surface area contributed by atoms with Crippen LogP contribution in [0.3, 0.4) is 0 Å². The molecule has 16 heavy (non-hydrogen) atoms. The number of anilines is 1. The molecule has 1 amide bonds. The summed E-state index contributed by atoms with van der Waals surface area (Å²) in [6.45, 7) is 4.59. The summed E-state index contributed by atoms with van der Waals surface area (Å²) < 4.78 is 0. The molecule has 0 aliphatic carbocycles. The van der Waals surface area contributed by atoms with Crippen molar-refractivity contribution in [3.05, 3.63) is 23.9 Å². The molecule has 0 spiro atoms. The Balaban J connectivity index is 2.58.